The van der Waals surface area contributed by atoms with Gasteiger partial charge in [-0.3, -0.25) is 4.79 Å². The maximum Gasteiger partial charge on any atom is 0.354 e. The summed E-state index contributed by atoms with van der Waals surface area (Å²) in [6.45, 7) is 0. The van der Waals surface area contributed by atoms with Gasteiger partial charge in [-0.05, 0) is 12.1 Å². The fraction of sp³-hybridized carbons (Fsp3) is 0. The normalized spacial score (nSPS) is 9.88. The molecular weight excluding hydrogens is 244 g/mol. The highest BCUT2D eigenvalue weighted by Crippen LogP contribution is 2.11. The lowest BCUT2D eigenvalue weighted by Crippen LogP contribution is -2.12. The zero-order valence-corrected chi connectivity index (χ0v) is 9.14. The molecule has 0 radical (unpaired) electrons. The van der Waals surface area contributed by atoms with Crippen molar-refractivity contribution in [3.63, 3.8) is 0 Å². The van der Waals surface area contributed by atoms with Crippen LogP contribution in [-0.2, 0) is 0 Å². The van der Waals surface area contributed by atoms with E-state index >= 15 is 0 Å². The number of carbonyl (C=O) groups is 2. The summed E-state index contributed by atoms with van der Waals surface area (Å²) in [5.41, 5.74) is 0.0332. The minimum Gasteiger partial charge on any atom is -0.477 e. The molecule has 2 heterocycles. The summed E-state index contributed by atoms with van der Waals surface area (Å²) in [6, 6.07) is 2.63. The number of carbonyl (C=O) groups excluding carboxylic acids is 1. The van der Waals surface area contributed by atoms with Crippen molar-refractivity contribution in [3.05, 3.63) is 35.8 Å². The van der Waals surface area contributed by atoms with Crippen LogP contribution in [0.2, 0.25) is 0 Å². The molecule has 86 valence electrons. The van der Waals surface area contributed by atoms with Gasteiger partial charge in [-0.1, -0.05) is 4.49 Å². The molecule has 2 rings (SSSR count). The van der Waals surface area contributed by atoms with Crippen LogP contribution in [0.15, 0.2) is 24.5 Å². The van der Waals surface area contributed by atoms with Crippen molar-refractivity contribution in [2.24, 2.45) is 0 Å². The molecule has 0 aliphatic rings. The highest BCUT2D eigenvalue weighted by Gasteiger charge is 2.11. The lowest BCUT2D eigenvalue weighted by Gasteiger charge is -2.01. The number of nitrogens with zero attached hydrogens (tertiary/aromatic N) is 3. The summed E-state index contributed by atoms with van der Waals surface area (Å²) in [6.07, 6.45) is 2.67. The Bertz CT molecular complexity index is 555. The number of carboxylic acid groups (broad SMARTS) is 1. The van der Waals surface area contributed by atoms with Gasteiger partial charge in [-0.15, -0.1) is 5.10 Å². The molecule has 0 bridgehead atoms. The number of amides is 1. The molecule has 2 aromatic heterocycles. The highest BCUT2D eigenvalue weighted by molar-refractivity contribution is 7.10. The molecular formula is C9H6N4O3S. The van der Waals surface area contributed by atoms with Gasteiger partial charge in [0.2, 0.25) is 0 Å². The van der Waals surface area contributed by atoms with Crippen molar-refractivity contribution in [2.75, 3.05) is 5.32 Å². The van der Waals surface area contributed by atoms with Gasteiger partial charge in [0, 0.05) is 23.3 Å². The Kier molecular flexibility index (Phi) is 3.06. The Morgan fingerprint density at radius 2 is 2.24 bits per heavy atom. The van der Waals surface area contributed by atoms with E-state index in [0.717, 1.165) is 11.5 Å². The third-order valence-corrected chi connectivity index (χ3v) is 2.42. The smallest absolute Gasteiger partial charge is 0.354 e. The van der Waals surface area contributed by atoms with Crippen LogP contribution < -0.4 is 5.32 Å². The zero-order valence-electron chi connectivity index (χ0n) is 8.32. The number of aromatic nitrogens is 3. The molecule has 17 heavy (non-hydrogen) atoms. The molecule has 0 unspecified atom stereocenters. The molecule has 0 aliphatic carbocycles. The van der Waals surface area contributed by atoms with Crippen molar-refractivity contribution in [1.82, 2.24) is 14.6 Å². The van der Waals surface area contributed by atoms with Gasteiger partial charge in [0.25, 0.3) is 5.91 Å². The fourth-order valence-corrected chi connectivity index (χ4v) is 1.51. The van der Waals surface area contributed by atoms with E-state index in [1.165, 1.54) is 24.5 Å². The van der Waals surface area contributed by atoms with Gasteiger partial charge in [0.15, 0.2) is 0 Å². The van der Waals surface area contributed by atoms with Gasteiger partial charge in [0.05, 0.1) is 6.20 Å². The topological polar surface area (TPSA) is 105 Å². The highest BCUT2D eigenvalue weighted by atomic mass is 32.1. The molecule has 0 aromatic carbocycles. The number of nitrogens with one attached hydrogen (secondary N) is 1. The van der Waals surface area contributed by atoms with Crippen LogP contribution in [0.25, 0.3) is 0 Å². The van der Waals surface area contributed by atoms with Crippen LogP contribution in [0, 0.1) is 0 Å². The first kappa shape index (κ1) is 11.1. The molecule has 1 amide bonds. The molecule has 0 atom stereocenters. The Balaban J connectivity index is 2.19. The number of carboxylic acids is 1. The summed E-state index contributed by atoms with van der Waals surface area (Å²) in [5, 5.41) is 15.3. The number of pyridine rings is 1. The average Bonchev–Trinajstić information content (AvgIpc) is 2.82. The van der Waals surface area contributed by atoms with E-state index in [2.05, 4.69) is 19.9 Å². The van der Waals surface area contributed by atoms with Crippen LogP contribution in [0.4, 0.5) is 5.00 Å². The summed E-state index contributed by atoms with van der Waals surface area (Å²) >= 11 is 1.03. The SMILES string of the molecule is O=C(Nc1cnns1)c1ccnc(C(=O)O)c1. The Morgan fingerprint density at radius 1 is 1.41 bits per heavy atom. The first-order valence-corrected chi connectivity index (χ1v) is 5.22. The van der Waals surface area contributed by atoms with E-state index in [1.807, 2.05) is 0 Å². The third-order valence-electron chi connectivity index (χ3n) is 1.84. The zero-order chi connectivity index (χ0) is 12.3. The Hall–Kier alpha value is -2.35. The van der Waals surface area contributed by atoms with Crippen molar-refractivity contribution in [1.29, 1.82) is 0 Å². The van der Waals surface area contributed by atoms with E-state index < -0.39 is 11.9 Å². The number of aromatic carboxylic acids is 1. The predicted octanol–water partition coefficient (Wildman–Crippen LogP) is 0.884. The lowest BCUT2D eigenvalue weighted by atomic mass is 10.2. The minimum atomic E-state index is -1.18. The first-order valence-electron chi connectivity index (χ1n) is 4.45. The van der Waals surface area contributed by atoms with Gasteiger partial charge in [-0.2, -0.15) is 0 Å². The number of hydrogen-bond donors (Lipinski definition) is 2. The van der Waals surface area contributed by atoms with Gasteiger partial charge >= 0.3 is 5.97 Å². The van der Waals surface area contributed by atoms with Crippen molar-refractivity contribution < 1.29 is 14.7 Å². The van der Waals surface area contributed by atoms with Crippen molar-refractivity contribution in [3.8, 4) is 0 Å². The molecule has 2 aromatic rings. The summed E-state index contributed by atoms with van der Waals surface area (Å²) in [5.74, 6) is -1.61. The van der Waals surface area contributed by atoms with E-state index in [9.17, 15) is 9.59 Å². The molecule has 0 aliphatic heterocycles. The molecule has 0 saturated carbocycles. The average molecular weight is 250 g/mol. The Labute approximate surface area is 99.3 Å². The van der Waals surface area contributed by atoms with Gasteiger partial charge in [-0.25, -0.2) is 9.78 Å². The van der Waals surface area contributed by atoms with Crippen LogP contribution in [0.3, 0.4) is 0 Å². The summed E-state index contributed by atoms with van der Waals surface area (Å²) < 4.78 is 3.59. The minimum absolute atomic E-state index is 0.180. The predicted molar refractivity (Wildman–Crippen MR) is 59.1 cm³/mol. The number of rotatable bonds is 3. The number of hydrogen-bond acceptors (Lipinski definition) is 6. The second kappa shape index (κ2) is 4.66. The molecule has 7 nitrogen and oxygen atoms in total. The molecule has 0 saturated heterocycles. The largest absolute Gasteiger partial charge is 0.477 e. The summed E-state index contributed by atoms with van der Waals surface area (Å²) in [4.78, 5) is 26.0. The third kappa shape index (κ3) is 2.61. The Morgan fingerprint density at radius 3 is 2.88 bits per heavy atom. The quantitative estimate of drug-likeness (QED) is 0.837. The van der Waals surface area contributed by atoms with Crippen LogP contribution in [0.5, 0.6) is 0 Å². The lowest BCUT2D eigenvalue weighted by molar-refractivity contribution is 0.0690. The first-order chi connectivity index (χ1) is 8.16. The molecule has 0 spiro atoms. The second-order valence-electron chi connectivity index (χ2n) is 2.97. The molecule has 0 fully saturated rings. The molecule has 2 N–H and O–H groups in total. The van der Waals surface area contributed by atoms with E-state index in [4.69, 9.17) is 5.11 Å². The van der Waals surface area contributed by atoms with Gasteiger partial charge in [0.1, 0.15) is 10.7 Å². The van der Waals surface area contributed by atoms with Crippen molar-refractivity contribution in [2.45, 2.75) is 0 Å². The maximum atomic E-state index is 11.7. The maximum absolute atomic E-state index is 11.7. The standard InChI is InChI=1S/C9H6N4O3S/c14-8(12-7-4-11-13-17-7)5-1-2-10-6(3-5)9(15)16/h1-4H,(H,12,14)(H,15,16). The van der Waals surface area contributed by atoms with Crippen LogP contribution >= 0.6 is 11.5 Å². The van der Waals surface area contributed by atoms with Gasteiger partial charge < -0.3 is 10.4 Å². The monoisotopic (exact) mass is 250 g/mol. The summed E-state index contributed by atoms with van der Waals surface area (Å²) in [7, 11) is 0. The number of anilines is 1. The van der Waals surface area contributed by atoms with E-state index in [-0.39, 0.29) is 11.3 Å². The van der Waals surface area contributed by atoms with E-state index in [0.29, 0.717) is 5.00 Å². The van der Waals surface area contributed by atoms with Crippen LogP contribution in [-0.4, -0.2) is 31.6 Å². The van der Waals surface area contributed by atoms with Crippen LogP contribution in [0.1, 0.15) is 20.8 Å². The fourth-order valence-electron chi connectivity index (χ4n) is 1.10. The second-order valence-corrected chi connectivity index (χ2v) is 3.76. The van der Waals surface area contributed by atoms with Crippen molar-refractivity contribution >= 4 is 28.4 Å². The van der Waals surface area contributed by atoms with E-state index in [1.54, 1.807) is 0 Å². The molecule has 8 heteroatoms.